The number of amides is 1. The van der Waals surface area contributed by atoms with Gasteiger partial charge >= 0.3 is 0 Å². The van der Waals surface area contributed by atoms with Crippen LogP contribution in [-0.2, 0) is 11.2 Å². The lowest BCUT2D eigenvalue weighted by atomic mass is 10.1. The highest BCUT2D eigenvalue weighted by Crippen LogP contribution is 2.17. The standard InChI is InChI=1S/C16H14ClF2NO2/c17-12-3-1-11(2-4-12)7-8-20-16(21)10-22-15-6-5-13(18)9-14(15)19/h1-6,9H,7-8,10H2,(H,20,21). The lowest BCUT2D eigenvalue weighted by Gasteiger charge is -2.08. The number of carbonyl (C=O) groups excluding carboxylic acids is 1. The lowest BCUT2D eigenvalue weighted by Crippen LogP contribution is -2.30. The van der Waals surface area contributed by atoms with Gasteiger partial charge in [-0.15, -0.1) is 0 Å². The van der Waals surface area contributed by atoms with Crippen molar-refractivity contribution in [3.05, 3.63) is 64.7 Å². The number of halogens is 3. The zero-order valence-electron chi connectivity index (χ0n) is 11.6. The molecule has 116 valence electrons. The molecular formula is C16H14ClF2NO2. The Morgan fingerprint density at radius 3 is 2.55 bits per heavy atom. The quantitative estimate of drug-likeness (QED) is 0.884. The fourth-order valence-corrected chi connectivity index (χ4v) is 1.91. The monoisotopic (exact) mass is 325 g/mol. The van der Waals surface area contributed by atoms with Gasteiger partial charge in [-0.2, -0.15) is 0 Å². The van der Waals surface area contributed by atoms with Gasteiger partial charge in [0.1, 0.15) is 5.82 Å². The molecule has 0 saturated heterocycles. The minimum Gasteiger partial charge on any atom is -0.481 e. The number of carbonyl (C=O) groups is 1. The van der Waals surface area contributed by atoms with Gasteiger partial charge in [-0.05, 0) is 36.2 Å². The van der Waals surface area contributed by atoms with E-state index in [-0.39, 0.29) is 18.3 Å². The van der Waals surface area contributed by atoms with E-state index in [1.165, 1.54) is 0 Å². The largest absolute Gasteiger partial charge is 0.481 e. The molecule has 0 bridgehead atoms. The van der Waals surface area contributed by atoms with Crippen LogP contribution in [0.2, 0.25) is 5.02 Å². The van der Waals surface area contributed by atoms with Gasteiger partial charge in [-0.3, -0.25) is 4.79 Å². The molecule has 0 spiro atoms. The molecule has 3 nitrogen and oxygen atoms in total. The predicted octanol–water partition coefficient (Wildman–Crippen LogP) is 3.36. The van der Waals surface area contributed by atoms with E-state index in [9.17, 15) is 13.6 Å². The molecule has 22 heavy (non-hydrogen) atoms. The molecule has 0 aliphatic carbocycles. The first-order valence-electron chi connectivity index (χ1n) is 6.63. The zero-order chi connectivity index (χ0) is 15.9. The molecule has 0 heterocycles. The second kappa shape index (κ2) is 7.75. The molecule has 0 radical (unpaired) electrons. The average Bonchev–Trinajstić information content (AvgIpc) is 2.48. The molecule has 0 aliphatic rings. The van der Waals surface area contributed by atoms with E-state index < -0.39 is 11.6 Å². The van der Waals surface area contributed by atoms with Crippen molar-refractivity contribution in [1.82, 2.24) is 5.32 Å². The van der Waals surface area contributed by atoms with Crippen molar-refractivity contribution in [2.75, 3.05) is 13.2 Å². The SMILES string of the molecule is O=C(COc1ccc(F)cc1F)NCCc1ccc(Cl)cc1. The van der Waals surface area contributed by atoms with Crippen LogP contribution in [-0.4, -0.2) is 19.1 Å². The highest BCUT2D eigenvalue weighted by molar-refractivity contribution is 6.30. The van der Waals surface area contributed by atoms with Crippen LogP contribution in [0.25, 0.3) is 0 Å². The van der Waals surface area contributed by atoms with Gasteiger partial charge in [0.25, 0.3) is 5.91 Å². The summed E-state index contributed by atoms with van der Waals surface area (Å²) in [6.07, 6.45) is 0.647. The van der Waals surface area contributed by atoms with Gasteiger partial charge in [0.2, 0.25) is 0 Å². The summed E-state index contributed by atoms with van der Waals surface area (Å²) in [7, 11) is 0. The lowest BCUT2D eigenvalue weighted by molar-refractivity contribution is -0.123. The fraction of sp³-hybridized carbons (Fsp3) is 0.188. The number of hydrogen-bond acceptors (Lipinski definition) is 2. The van der Waals surface area contributed by atoms with Crippen LogP contribution >= 0.6 is 11.6 Å². The summed E-state index contributed by atoms with van der Waals surface area (Å²) in [6, 6.07) is 10.2. The Labute approximate surface area is 131 Å². The first kappa shape index (κ1) is 16.2. The molecule has 2 aromatic carbocycles. The smallest absolute Gasteiger partial charge is 0.257 e. The van der Waals surface area contributed by atoms with Crippen LogP contribution in [0.5, 0.6) is 5.75 Å². The maximum atomic E-state index is 13.3. The Bertz CT molecular complexity index is 647. The second-order valence-electron chi connectivity index (χ2n) is 4.59. The third-order valence-electron chi connectivity index (χ3n) is 2.90. The van der Waals surface area contributed by atoms with E-state index in [0.29, 0.717) is 24.1 Å². The molecule has 0 fully saturated rings. The number of nitrogens with one attached hydrogen (secondary N) is 1. The molecule has 0 atom stereocenters. The number of rotatable bonds is 6. The van der Waals surface area contributed by atoms with E-state index in [2.05, 4.69) is 5.32 Å². The summed E-state index contributed by atoms with van der Waals surface area (Å²) < 4.78 is 31.0. The predicted molar refractivity (Wildman–Crippen MR) is 80.0 cm³/mol. The van der Waals surface area contributed by atoms with Crippen LogP contribution in [0.3, 0.4) is 0 Å². The van der Waals surface area contributed by atoms with Gasteiger partial charge in [-0.25, -0.2) is 8.78 Å². The Hall–Kier alpha value is -2.14. The minimum atomic E-state index is -0.839. The summed E-state index contributed by atoms with van der Waals surface area (Å²) >= 11 is 5.78. The van der Waals surface area contributed by atoms with Crippen molar-refractivity contribution in [2.24, 2.45) is 0 Å². The van der Waals surface area contributed by atoms with Crippen LogP contribution in [0.4, 0.5) is 8.78 Å². The molecule has 6 heteroatoms. The number of benzene rings is 2. The molecular weight excluding hydrogens is 312 g/mol. The Kier molecular flexibility index (Phi) is 5.72. The molecule has 0 aromatic heterocycles. The minimum absolute atomic E-state index is 0.158. The molecule has 1 N–H and O–H groups in total. The topological polar surface area (TPSA) is 38.3 Å². The summed E-state index contributed by atoms with van der Waals surface area (Å²) in [5.41, 5.74) is 1.04. The first-order chi connectivity index (χ1) is 10.5. The van der Waals surface area contributed by atoms with Crippen LogP contribution in [0.1, 0.15) is 5.56 Å². The fourth-order valence-electron chi connectivity index (χ4n) is 1.78. The van der Waals surface area contributed by atoms with Crippen molar-refractivity contribution in [3.8, 4) is 5.75 Å². The van der Waals surface area contributed by atoms with Crippen molar-refractivity contribution in [3.63, 3.8) is 0 Å². The Morgan fingerprint density at radius 2 is 1.86 bits per heavy atom. The number of ether oxygens (including phenoxy) is 1. The maximum Gasteiger partial charge on any atom is 0.257 e. The van der Waals surface area contributed by atoms with Gasteiger partial charge in [0, 0.05) is 17.6 Å². The van der Waals surface area contributed by atoms with Crippen LogP contribution in [0.15, 0.2) is 42.5 Å². The van der Waals surface area contributed by atoms with Crippen molar-refractivity contribution in [1.29, 1.82) is 0 Å². The third kappa shape index (κ3) is 5.00. The molecule has 0 unspecified atom stereocenters. The molecule has 2 rings (SSSR count). The van der Waals surface area contributed by atoms with Crippen LogP contribution in [0, 0.1) is 11.6 Å². The first-order valence-corrected chi connectivity index (χ1v) is 7.01. The zero-order valence-corrected chi connectivity index (χ0v) is 12.4. The Morgan fingerprint density at radius 1 is 1.14 bits per heavy atom. The number of hydrogen-bond donors (Lipinski definition) is 1. The van der Waals surface area contributed by atoms with E-state index in [0.717, 1.165) is 17.7 Å². The highest BCUT2D eigenvalue weighted by Gasteiger charge is 2.07. The summed E-state index contributed by atoms with van der Waals surface area (Å²) in [5.74, 6) is -2.07. The van der Waals surface area contributed by atoms with Crippen molar-refractivity contribution < 1.29 is 18.3 Å². The van der Waals surface area contributed by atoms with Gasteiger partial charge < -0.3 is 10.1 Å². The second-order valence-corrected chi connectivity index (χ2v) is 5.03. The molecule has 0 saturated carbocycles. The van der Waals surface area contributed by atoms with E-state index in [1.54, 1.807) is 12.1 Å². The highest BCUT2D eigenvalue weighted by atomic mass is 35.5. The molecule has 2 aromatic rings. The third-order valence-corrected chi connectivity index (χ3v) is 3.15. The van der Waals surface area contributed by atoms with Gasteiger partial charge in [0.15, 0.2) is 18.2 Å². The van der Waals surface area contributed by atoms with E-state index >= 15 is 0 Å². The van der Waals surface area contributed by atoms with Gasteiger partial charge in [-0.1, -0.05) is 23.7 Å². The van der Waals surface area contributed by atoms with Crippen molar-refractivity contribution in [2.45, 2.75) is 6.42 Å². The van der Waals surface area contributed by atoms with E-state index in [1.807, 2.05) is 12.1 Å². The summed E-state index contributed by atoms with van der Waals surface area (Å²) in [6.45, 7) is 0.0961. The maximum absolute atomic E-state index is 13.3. The molecule has 1 amide bonds. The molecule has 0 aliphatic heterocycles. The summed E-state index contributed by atoms with van der Waals surface area (Å²) in [5, 5.41) is 3.31. The summed E-state index contributed by atoms with van der Waals surface area (Å²) in [4.78, 5) is 11.6. The van der Waals surface area contributed by atoms with E-state index in [4.69, 9.17) is 16.3 Å². The normalized spacial score (nSPS) is 10.3. The Balaban J connectivity index is 1.72. The average molecular weight is 326 g/mol. The van der Waals surface area contributed by atoms with Gasteiger partial charge in [0.05, 0.1) is 0 Å². The van der Waals surface area contributed by atoms with Crippen LogP contribution < -0.4 is 10.1 Å². The van der Waals surface area contributed by atoms with Crippen molar-refractivity contribution >= 4 is 17.5 Å².